The van der Waals surface area contributed by atoms with Crippen LogP contribution in [-0.2, 0) is 0 Å². The van der Waals surface area contributed by atoms with Gasteiger partial charge in [-0.25, -0.2) is 4.39 Å². The van der Waals surface area contributed by atoms with Crippen LogP contribution < -0.4 is 5.32 Å². The predicted octanol–water partition coefficient (Wildman–Crippen LogP) is 4.41. The molecule has 0 saturated carbocycles. The number of benzene rings is 1. The van der Waals surface area contributed by atoms with E-state index < -0.39 is 5.54 Å². The summed E-state index contributed by atoms with van der Waals surface area (Å²) in [5.41, 5.74) is 0.957. The maximum absolute atomic E-state index is 13.3. The zero-order valence-electron chi connectivity index (χ0n) is 11.4. The van der Waals surface area contributed by atoms with E-state index in [0.717, 1.165) is 24.8 Å². The number of aryl methyl sites for hydroxylation is 1. The molecule has 1 atom stereocenters. The molecule has 1 rings (SSSR count). The summed E-state index contributed by atoms with van der Waals surface area (Å²) in [5, 5.41) is 12.6. The molecular weight excluding hydrogens is 227 g/mol. The number of nitrogens with one attached hydrogen (secondary N) is 1. The van der Waals surface area contributed by atoms with Crippen LogP contribution in [0.5, 0.6) is 0 Å². The standard InChI is InChI=1S/C15H21FN2/c1-4-6-7-15(5-2,11-17)18-14-9-12(3)8-13(16)10-14/h8-10,18H,4-7H2,1-3H3. The Balaban J connectivity index is 2.92. The van der Waals surface area contributed by atoms with Crippen molar-refractivity contribution in [1.82, 2.24) is 0 Å². The van der Waals surface area contributed by atoms with Crippen LogP contribution in [0.15, 0.2) is 18.2 Å². The minimum absolute atomic E-state index is 0.268. The molecule has 0 aromatic heterocycles. The Kier molecular flexibility index (Phi) is 5.15. The molecule has 18 heavy (non-hydrogen) atoms. The molecule has 1 aromatic carbocycles. The largest absolute Gasteiger partial charge is 0.367 e. The molecule has 98 valence electrons. The Bertz CT molecular complexity index is 416. The van der Waals surface area contributed by atoms with Crippen molar-refractivity contribution < 1.29 is 4.39 Å². The fourth-order valence-corrected chi connectivity index (χ4v) is 2.05. The number of nitriles is 1. The van der Waals surface area contributed by atoms with E-state index >= 15 is 0 Å². The smallest absolute Gasteiger partial charge is 0.125 e. The van der Waals surface area contributed by atoms with Gasteiger partial charge in [-0.3, -0.25) is 0 Å². The molecule has 0 aliphatic heterocycles. The molecular formula is C15H21FN2. The van der Waals surface area contributed by atoms with Gasteiger partial charge in [0.15, 0.2) is 0 Å². The number of hydrogen-bond donors (Lipinski definition) is 1. The van der Waals surface area contributed by atoms with Crippen molar-refractivity contribution in [2.24, 2.45) is 0 Å². The molecule has 0 aliphatic rings. The Hall–Kier alpha value is -1.56. The van der Waals surface area contributed by atoms with Crippen LogP contribution in [0.4, 0.5) is 10.1 Å². The summed E-state index contributed by atoms with van der Waals surface area (Å²) in [6.07, 6.45) is 3.53. The van der Waals surface area contributed by atoms with Crippen molar-refractivity contribution >= 4 is 5.69 Å². The second kappa shape index (κ2) is 6.39. The molecule has 0 aliphatic carbocycles. The van der Waals surface area contributed by atoms with E-state index in [0.29, 0.717) is 12.1 Å². The lowest BCUT2D eigenvalue weighted by atomic mass is 9.91. The Morgan fingerprint density at radius 3 is 2.56 bits per heavy atom. The summed E-state index contributed by atoms with van der Waals surface area (Å²) in [6, 6.07) is 7.15. The zero-order chi connectivity index (χ0) is 13.6. The number of hydrogen-bond acceptors (Lipinski definition) is 2. The summed E-state index contributed by atoms with van der Waals surface area (Å²) in [4.78, 5) is 0. The fourth-order valence-electron chi connectivity index (χ4n) is 2.05. The van der Waals surface area contributed by atoms with Gasteiger partial charge in [0, 0.05) is 5.69 Å². The van der Waals surface area contributed by atoms with E-state index in [1.807, 2.05) is 19.9 Å². The molecule has 0 spiro atoms. The van der Waals surface area contributed by atoms with Gasteiger partial charge in [0.1, 0.15) is 11.4 Å². The van der Waals surface area contributed by atoms with Gasteiger partial charge in [-0.05, 0) is 43.5 Å². The molecule has 0 bridgehead atoms. The first-order chi connectivity index (χ1) is 8.55. The average molecular weight is 248 g/mol. The van der Waals surface area contributed by atoms with E-state index in [1.54, 1.807) is 0 Å². The molecule has 1 N–H and O–H groups in total. The van der Waals surface area contributed by atoms with Crippen molar-refractivity contribution in [3.05, 3.63) is 29.6 Å². The van der Waals surface area contributed by atoms with E-state index in [2.05, 4.69) is 18.3 Å². The molecule has 0 heterocycles. The van der Waals surface area contributed by atoms with Crippen molar-refractivity contribution in [2.75, 3.05) is 5.32 Å². The van der Waals surface area contributed by atoms with Gasteiger partial charge in [-0.2, -0.15) is 5.26 Å². The maximum atomic E-state index is 13.3. The minimum atomic E-state index is -0.587. The SMILES string of the molecule is CCCCC(C#N)(CC)Nc1cc(C)cc(F)c1. The first-order valence-corrected chi connectivity index (χ1v) is 6.52. The molecule has 0 radical (unpaired) electrons. The summed E-state index contributed by atoms with van der Waals surface area (Å²) in [6.45, 7) is 5.93. The van der Waals surface area contributed by atoms with Crippen molar-refractivity contribution in [2.45, 2.75) is 52.0 Å². The highest BCUT2D eigenvalue weighted by Gasteiger charge is 2.27. The Morgan fingerprint density at radius 1 is 1.33 bits per heavy atom. The normalized spacial score (nSPS) is 13.7. The molecule has 0 fully saturated rings. The van der Waals surface area contributed by atoms with E-state index in [-0.39, 0.29) is 5.82 Å². The topological polar surface area (TPSA) is 35.8 Å². The lowest BCUT2D eigenvalue weighted by Crippen LogP contribution is -2.35. The quantitative estimate of drug-likeness (QED) is 0.809. The lowest BCUT2D eigenvalue weighted by Gasteiger charge is -2.28. The minimum Gasteiger partial charge on any atom is -0.367 e. The summed E-state index contributed by atoms with van der Waals surface area (Å²) in [7, 11) is 0. The van der Waals surface area contributed by atoms with E-state index in [1.165, 1.54) is 12.1 Å². The highest BCUT2D eigenvalue weighted by atomic mass is 19.1. The van der Waals surface area contributed by atoms with Gasteiger partial charge >= 0.3 is 0 Å². The van der Waals surface area contributed by atoms with Crippen LogP contribution in [0.1, 0.15) is 45.1 Å². The molecule has 3 heteroatoms. The third-order valence-electron chi connectivity index (χ3n) is 3.20. The van der Waals surface area contributed by atoms with E-state index in [9.17, 15) is 9.65 Å². The molecule has 1 aromatic rings. The summed E-state index contributed by atoms with van der Waals surface area (Å²) >= 11 is 0. The van der Waals surface area contributed by atoms with Crippen molar-refractivity contribution in [3.63, 3.8) is 0 Å². The second-order valence-electron chi connectivity index (χ2n) is 4.79. The highest BCUT2D eigenvalue weighted by Crippen LogP contribution is 2.25. The lowest BCUT2D eigenvalue weighted by molar-refractivity contribution is 0.497. The average Bonchev–Trinajstić information content (AvgIpc) is 2.33. The highest BCUT2D eigenvalue weighted by molar-refractivity contribution is 5.50. The number of unbranched alkanes of at least 4 members (excludes halogenated alkanes) is 1. The van der Waals surface area contributed by atoms with Crippen LogP contribution in [0, 0.1) is 24.1 Å². The monoisotopic (exact) mass is 248 g/mol. The van der Waals surface area contributed by atoms with E-state index in [4.69, 9.17) is 0 Å². The molecule has 0 saturated heterocycles. The van der Waals surface area contributed by atoms with Crippen LogP contribution in [0.3, 0.4) is 0 Å². The summed E-state index contributed by atoms with van der Waals surface area (Å²) < 4.78 is 13.3. The first-order valence-electron chi connectivity index (χ1n) is 6.52. The number of anilines is 1. The predicted molar refractivity (Wildman–Crippen MR) is 72.9 cm³/mol. The third kappa shape index (κ3) is 3.73. The number of rotatable bonds is 6. The first kappa shape index (κ1) is 14.5. The van der Waals surface area contributed by atoms with Gasteiger partial charge in [-0.1, -0.05) is 26.7 Å². The van der Waals surface area contributed by atoms with Crippen LogP contribution in [-0.4, -0.2) is 5.54 Å². The Labute approximate surface area is 109 Å². The fraction of sp³-hybridized carbons (Fsp3) is 0.533. The molecule has 2 nitrogen and oxygen atoms in total. The van der Waals surface area contributed by atoms with Crippen LogP contribution in [0.25, 0.3) is 0 Å². The second-order valence-corrected chi connectivity index (χ2v) is 4.79. The zero-order valence-corrected chi connectivity index (χ0v) is 11.4. The molecule has 0 amide bonds. The van der Waals surface area contributed by atoms with Gasteiger partial charge in [0.05, 0.1) is 6.07 Å². The number of nitrogens with zero attached hydrogens (tertiary/aromatic N) is 1. The van der Waals surface area contributed by atoms with Gasteiger partial charge in [0.2, 0.25) is 0 Å². The van der Waals surface area contributed by atoms with Crippen LogP contribution >= 0.6 is 0 Å². The number of halogens is 1. The van der Waals surface area contributed by atoms with Gasteiger partial charge in [-0.15, -0.1) is 0 Å². The Morgan fingerprint density at radius 2 is 2.06 bits per heavy atom. The van der Waals surface area contributed by atoms with Crippen molar-refractivity contribution in [3.8, 4) is 6.07 Å². The third-order valence-corrected chi connectivity index (χ3v) is 3.20. The molecule has 1 unspecified atom stereocenters. The van der Waals surface area contributed by atoms with Crippen molar-refractivity contribution in [1.29, 1.82) is 5.26 Å². The van der Waals surface area contributed by atoms with Gasteiger partial charge < -0.3 is 5.32 Å². The van der Waals surface area contributed by atoms with Crippen LogP contribution in [0.2, 0.25) is 0 Å². The maximum Gasteiger partial charge on any atom is 0.125 e. The van der Waals surface area contributed by atoms with Gasteiger partial charge in [0.25, 0.3) is 0 Å². The summed E-state index contributed by atoms with van der Waals surface area (Å²) in [5.74, 6) is -0.268.